The standard InChI is InChI=1S/C15H21FN2O/c1-10-5-2-3-8-13(10)19-9-11-6-4-7-12(14(11)16)15(17)18/h4,6-7,10,13H,2-3,5,8-9H2,1H3,(H3,17,18). The number of nitrogens with one attached hydrogen (secondary N) is 1. The van der Waals surface area contributed by atoms with E-state index in [-0.39, 0.29) is 24.1 Å². The van der Waals surface area contributed by atoms with Crippen LogP contribution in [0, 0.1) is 17.1 Å². The molecular formula is C15H21FN2O. The number of hydrogen-bond acceptors (Lipinski definition) is 2. The first-order valence-corrected chi connectivity index (χ1v) is 6.83. The second-order valence-corrected chi connectivity index (χ2v) is 5.30. The molecule has 0 heterocycles. The third-order valence-corrected chi connectivity index (χ3v) is 3.85. The molecule has 1 aliphatic carbocycles. The fourth-order valence-corrected chi connectivity index (χ4v) is 2.63. The summed E-state index contributed by atoms with van der Waals surface area (Å²) < 4.78 is 19.9. The van der Waals surface area contributed by atoms with E-state index in [1.54, 1.807) is 12.1 Å². The number of halogens is 1. The van der Waals surface area contributed by atoms with Crippen molar-refractivity contribution < 1.29 is 9.13 Å². The van der Waals surface area contributed by atoms with Gasteiger partial charge in [0, 0.05) is 5.56 Å². The predicted octanol–water partition coefficient (Wildman–Crippen LogP) is 3.21. The summed E-state index contributed by atoms with van der Waals surface area (Å²) in [6, 6.07) is 4.92. The summed E-state index contributed by atoms with van der Waals surface area (Å²) in [6.07, 6.45) is 4.89. The molecule has 0 aliphatic heterocycles. The Labute approximate surface area is 113 Å². The Bertz CT molecular complexity index is 461. The van der Waals surface area contributed by atoms with E-state index in [9.17, 15) is 4.39 Å². The average molecular weight is 264 g/mol. The summed E-state index contributed by atoms with van der Waals surface area (Å²) in [4.78, 5) is 0. The van der Waals surface area contributed by atoms with Crippen molar-refractivity contribution in [3.63, 3.8) is 0 Å². The minimum absolute atomic E-state index is 0.151. The maximum Gasteiger partial charge on any atom is 0.139 e. The first kappa shape index (κ1) is 14.0. The summed E-state index contributed by atoms with van der Waals surface area (Å²) in [5, 5.41) is 7.33. The van der Waals surface area contributed by atoms with E-state index in [1.807, 2.05) is 0 Å². The van der Waals surface area contributed by atoms with Crippen LogP contribution in [0.2, 0.25) is 0 Å². The van der Waals surface area contributed by atoms with Gasteiger partial charge in [-0.1, -0.05) is 31.9 Å². The molecule has 2 atom stereocenters. The van der Waals surface area contributed by atoms with Crippen molar-refractivity contribution in [1.29, 1.82) is 5.41 Å². The van der Waals surface area contributed by atoms with Crippen LogP contribution in [-0.2, 0) is 11.3 Å². The van der Waals surface area contributed by atoms with Crippen molar-refractivity contribution in [3.05, 3.63) is 35.1 Å². The van der Waals surface area contributed by atoms with Gasteiger partial charge in [0.25, 0.3) is 0 Å². The van der Waals surface area contributed by atoms with Gasteiger partial charge >= 0.3 is 0 Å². The van der Waals surface area contributed by atoms with E-state index < -0.39 is 5.82 Å². The maximum absolute atomic E-state index is 14.1. The highest BCUT2D eigenvalue weighted by atomic mass is 19.1. The molecule has 104 valence electrons. The van der Waals surface area contributed by atoms with Crippen LogP contribution in [0.3, 0.4) is 0 Å². The maximum atomic E-state index is 14.1. The molecule has 0 amide bonds. The molecule has 1 saturated carbocycles. The Hall–Kier alpha value is -1.42. The van der Waals surface area contributed by atoms with Crippen LogP contribution in [-0.4, -0.2) is 11.9 Å². The topological polar surface area (TPSA) is 59.1 Å². The minimum atomic E-state index is -0.432. The van der Waals surface area contributed by atoms with Gasteiger partial charge in [0.1, 0.15) is 11.7 Å². The highest BCUT2D eigenvalue weighted by Crippen LogP contribution is 2.27. The van der Waals surface area contributed by atoms with Gasteiger partial charge < -0.3 is 10.5 Å². The van der Waals surface area contributed by atoms with Crippen molar-refractivity contribution in [2.75, 3.05) is 0 Å². The highest BCUT2D eigenvalue weighted by molar-refractivity contribution is 5.95. The Morgan fingerprint density at radius 3 is 2.84 bits per heavy atom. The predicted molar refractivity (Wildman–Crippen MR) is 73.6 cm³/mol. The Morgan fingerprint density at radius 2 is 2.16 bits per heavy atom. The fourth-order valence-electron chi connectivity index (χ4n) is 2.63. The molecule has 0 radical (unpaired) electrons. The number of hydrogen-bond donors (Lipinski definition) is 2. The van der Waals surface area contributed by atoms with E-state index in [2.05, 4.69) is 6.92 Å². The molecule has 1 aromatic carbocycles. The van der Waals surface area contributed by atoms with Gasteiger partial charge in [0.05, 0.1) is 18.3 Å². The molecule has 2 rings (SSSR count). The second kappa shape index (κ2) is 6.15. The molecule has 1 aromatic rings. The van der Waals surface area contributed by atoms with Crippen LogP contribution in [0.4, 0.5) is 4.39 Å². The lowest BCUT2D eigenvalue weighted by Gasteiger charge is -2.28. The first-order chi connectivity index (χ1) is 9.09. The van der Waals surface area contributed by atoms with Crippen molar-refractivity contribution in [1.82, 2.24) is 0 Å². The van der Waals surface area contributed by atoms with Gasteiger partial charge in [-0.05, 0) is 24.8 Å². The summed E-state index contributed by atoms with van der Waals surface area (Å²) in [5.41, 5.74) is 5.97. The Morgan fingerprint density at radius 1 is 1.42 bits per heavy atom. The third-order valence-electron chi connectivity index (χ3n) is 3.85. The molecule has 0 bridgehead atoms. The molecule has 0 spiro atoms. The fraction of sp³-hybridized carbons (Fsp3) is 0.533. The zero-order chi connectivity index (χ0) is 13.8. The lowest BCUT2D eigenvalue weighted by Crippen LogP contribution is -2.25. The molecule has 1 aliphatic rings. The second-order valence-electron chi connectivity index (χ2n) is 5.30. The number of ether oxygens (including phenoxy) is 1. The molecule has 1 fully saturated rings. The lowest BCUT2D eigenvalue weighted by atomic mass is 9.88. The zero-order valence-electron chi connectivity index (χ0n) is 11.3. The number of benzene rings is 1. The van der Waals surface area contributed by atoms with Crippen LogP contribution in [0.25, 0.3) is 0 Å². The first-order valence-electron chi connectivity index (χ1n) is 6.83. The average Bonchev–Trinajstić information content (AvgIpc) is 2.39. The highest BCUT2D eigenvalue weighted by Gasteiger charge is 2.22. The van der Waals surface area contributed by atoms with Gasteiger partial charge in [-0.25, -0.2) is 4.39 Å². The van der Waals surface area contributed by atoms with Crippen molar-refractivity contribution in [2.24, 2.45) is 11.7 Å². The van der Waals surface area contributed by atoms with E-state index in [0.717, 1.165) is 6.42 Å². The molecule has 0 saturated heterocycles. The van der Waals surface area contributed by atoms with Crippen LogP contribution in [0.1, 0.15) is 43.7 Å². The van der Waals surface area contributed by atoms with E-state index >= 15 is 0 Å². The summed E-state index contributed by atoms with van der Waals surface area (Å²) in [7, 11) is 0. The zero-order valence-corrected chi connectivity index (χ0v) is 11.3. The number of nitrogens with two attached hydrogens (primary N) is 1. The van der Waals surface area contributed by atoms with Crippen molar-refractivity contribution in [3.8, 4) is 0 Å². The van der Waals surface area contributed by atoms with Gasteiger partial charge in [0.2, 0.25) is 0 Å². The molecule has 4 heteroatoms. The number of nitrogen functional groups attached to an aromatic ring is 1. The van der Waals surface area contributed by atoms with E-state index in [4.69, 9.17) is 15.9 Å². The molecular weight excluding hydrogens is 243 g/mol. The molecule has 3 nitrogen and oxygen atoms in total. The molecule has 19 heavy (non-hydrogen) atoms. The quantitative estimate of drug-likeness (QED) is 0.648. The number of amidine groups is 1. The van der Waals surface area contributed by atoms with Crippen molar-refractivity contribution in [2.45, 2.75) is 45.3 Å². The van der Waals surface area contributed by atoms with Crippen LogP contribution in [0.15, 0.2) is 18.2 Å². The Kier molecular flexibility index (Phi) is 4.53. The largest absolute Gasteiger partial charge is 0.384 e. The molecule has 3 N–H and O–H groups in total. The van der Waals surface area contributed by atoms with E-state index in [0.29, 0.717) is 11.5 Å². The smallest absolute Gasteiger partial charge is 0.139 e. The normalized spacial score (nSPS) is 23.3. The number of rotatable bonds is 4. The minimum Gasteiger partial charge on any atom is -0.384 e. The summed E-state index contributed by atoms with van der Waals surface area (Å²) >= 11 is 0. The van der Waals surface area contributed by atoms with Crippen LogP contribution in [0.5, 0.6) is 0 Å². The SMILES string of the molecule is CC1CCCCC1OCc1cccc(C(=N)N)c1F. The van der Waals surface area contributed by atoms with Crippen molar-refractivity contribution >= 4 is 5.84 Å². The van der Waals surface area contributed by atoms with Gasteiger partial charge in [-0.15, -0.1) is 0 Å². The van der Waals surface area contributed by atoms with Gasteiger partial charge in [-0.3, -0.25) is 5.41 Å². The van der Waals surface area contributed by atoms with Gasteiger partial charge in [0.15, 0.2) is 0 Å². The lowest BCUT2D eigenvalue weighted by molar-refractivity contribution is -0.0164. The van der Waals surface area contributed by atoms with Gasteiger partial charge in [-0.2, -0.15) is 0 Å². The Balaban J connectivity index is 2.03. The molecule has 0 aromatic heterocycles. The van der Waals surface area contributed by atoms with Crippen LogP contribution >= 0.6 is 0 Å². The monoisotopic (exact) mass is 264 g/mol. The third kappa shape index (κ3) is 3.32. The van der Waals surface area contributed by atoms with E-state index in [1.165, 1.54) is 25.3 Å². The van der Waals surface area contributed by atoms with Crippen LogP contribution < -0.4 is 5.73 Å². The molecule has 2 unspecified atom stereocenters. The summed E-state index contributed by atoms with van der Waals surface area (Å²) in [5.74, 6) is -0.142. The summed E-state index contributed by atoms with van der Waals surface area (Å²) in [6.45, 7) is 2.44.